The number of nitrogens with two attached hydrogens (primary N) is 1. The van der Waals surface area contributed by atoms with Crippen molar-refractivity contribution in [3.63, 3.8) is 0 Å². The molecular formula is C10H11N7O2S. The van der Waals surface area contributed by atoms with Crippen molar-refractivity contribution in [2.45, 2.75) is 6.54 Å². The zero-order chi connectivity index (χ0) is 14.4. The zero-order valence-corrected chi connectivity index (χ0v) is 11.6. The molecule has 0 fully saturated rings. The van der Waals surface area contributed by atoms with Gasteiger partial charge in [-0.2, -0.15) is 0 Å². The number of anilines is 1. The van der Waals surface area contributed by atoms with Gasteiger partial charge in [-0.3, -0.25) is 13.9 Å². The van der Waals surface area contributed by atoms with Gasteiger partial charge in [0, 0.05) is 14.1 Å². The van der Waals surface area contributed by atoms with E-state index >= 15 is 0 Å². The number of nitrogens with zero attached hydrogens (tertiary/aromatic N) is 6. The molecule has 0 bridgehead atoms. The van der Waals surface area contributed by atoms with Crippen LogP contribution in [-0.2, 0) is 20.6 Å². The minimum atomic E-state index is -0.418. The van der Waals surface area contributed by atoms with Crippen LogP contribution in [0.3, 0.4) is 0 Å². The molecule has 10 heteroatoms. The molecule has 0 amide bonds. The summed E-state index contributed by atoms with van der Waals surface area (Å²) in [6.45, 7) is 0.353. The predicted molar refractivity (Wildman–Crippen MR) is 73.6 cm³/mol. The maximum Gasteiger partial charge on any atom is 0.332 e. The molecule has 0 aliphatic heterocycles. The molecule has 0 aliphatic rings. The van der Waals surface area contributed by atoms with E-state index in [1.165, 1.54) is 29.3 Å². The van der Waals surface area contributed by atoms with E-state index in [9.17, 15) is 9.59 Å². The largest absolute Gasteiger partial charge is 0.374 e. The lowest BCUT2D eigenvalue weighted by Gasteiger charge is -2.06. The van der Waals surface area contributed by atoms with Gasteiger partial charge in [-0.1, -0.05) is 11.3 Å². The summed E-state index contributed by atoms with van der Waals surface area (Å²) in [7, 11) is 3.02. The van der Waals surface area contributed by atoms with Gasteiger partial charge in [0.05, 0.1) is 12.9 Å². The molecule has 0 aliphatic carbocycles. The van der Waals surface area contributed by atoms with Gasteiger partial charge in [-0.15, -0.1) is 10.2 Å². The molecule has 0 unspecified atom stereocenters. The molecule has 104 valence electrons. The van der Waals surface area contributed by atoms with E-state index in [2.05, 4.69) is 15.2 Å². The quantitative estimate of drug-likeness (QED) is 0.642. The van der Waals surface area contributed by atoms with E-state index in [4.69, 9.17) is 5.73 Å². The second-order valence-corrected chi connectivity index (χ2v) is 5.38. The minimum Gasteiger partial charge on any atom is -0.374 e. The Morgan fingerprint density at radius 2 is 2.00 bits per heavy atom. The molecular weight excluding hydrogens is 282 g/mol. The van der Waals surface area contributed by atoms with E-state index < -0.39 is 11.2 Å². The van der Waals surface area contributed by atoms with E-state index in [0.717, 1.165) is 4.57 Å². The average molecular weight is 293 g/mol. The van der Waals surface area contributed by atoms with Crippen LogP contribution in [-0.4, -0.2) is 28.9 Å². The van der Waals surface area contributed by atoms with Crippen molar-refractivity contribution in [2.24, 2.45) is 14.1 Å². The lowest BCUT2D eigenvalue weighted by molar-refractivity contribution is 0.686. The molecule has 3 rings (SSSR count). The standard InChI is InChI=1S/C10H11N7O2S/c1-15-7-6(8(18)16(2)10(15)19)12-4-17(7)3-5-13-14-9(11)20-5/h4H,3H2,1-2H3,(H2,11,14). The van der Waals surface area contributed by atoms with Gasteiger partial charge in [-0.25, -0.2) is 9.78 Å². The van der Waals surface area contributed by atoms with Gasteiger partial charge < -0.3 is 10.3 Å². The summed E-state index contributed by atoms with van der Waals surface area (Å²) in [5.74, 6) is 0. The van der Waals surface area contributed by atoms with Crippen LogP contribution in [0, 0.1) is 0 Å². The Balaban J connectivity index is 2.23. The summed E-state index contributed by atoms with van der Waals surface area (Å²) < 4.78 is 4.09. The van der Waals surface area contributed by atoms with Crippen LogP contribution in [0.5, 0.6) is 0 Å². The lowest BCUT2D eigenvalue weighted by Crippen LogP contribution is -2.37. The highest BCUT2D eigenvalue weighted by atomic mass is 32.1. The molecule has 0 saturated heterocycles. The Morgan fingerprint density at radius 3 is 2.65 bits per heavy atom. The molecule has 0 aromatic carbocycles. The van der Waals surface area contributed by atoms with E-state index in [1.54, 1.807) is 11.6 Å². The molecule has 0 radical (unpaired) electrons. The first-order valence-electron chi connectivity index (χ1n) is 5.67. The SMILES string of the molecule is Cn1c(=O)c2ncn(Cc3nnc(N)s3)c2n(C)c1=O. The van der Waals surface area contributed by atoms with Crippen LogP contribution in [0.1, 0.15) is 5.01 Å². The number of nitrogen functional groups attached to an aromatic ring is 1. The number of hydrogen-bond donors (Lipinski definition) is 1. The number of rotatable bonds is 2. The molecule has 20 heavy (non-hydrogen) atoms. The number of aryl methyl sites for hydroxylation is 1. The molecule has 0 spiro atoms. The van der Waals surface area contributed by atoms with Crippen molar-refractivity contribution in [3.05, 3.63) is 32.2 Å². The van der Waals surface area contributed by atoms with Crippen LogP contribution >= 0.6 is 11.3 Å². The van der Waals surface area contributed by atoms with Crippen LogP contribution in [0.2, 0.25) is 0 Å². The summed E-state index contributed by atoms with van der Waals surface area (Å²) in [5, 5.41) is 8.69. The topological polar surface area (TPSA) is 114 Å². The third kappa shape index (κ3) is 1.72. The molecule has 3 aromatic heterocycles. The second-order valence-electron chi connectivity index (χ2n) is 4.28. The highest BCUT2D eigenvalue weighted by Gasteiger charge is 2.15. The van der Waals surface area contributed by atoms with Crippen molar-refractivity contribution in [2.75, 3.05) is 5.73 Å². The fraction of sp³-hybridized carbons (Fsp3) is 0.300. The Kier molecular flexibility index (Phi) is 2.67. The normalized spacial score (nSPS) is 11.3. The first-order valence-corrected chi connectivity index (χ1v) is 6.49. The van der Waals surface area contributed by atoms with E-state index in [0.29, 0.717) is 22.3 Å². The first-order chi connectivity index (χ1) is 9.49. The third-order valence-corrected chi connectivity index (χ3v) is 3.73. The number of aromatic nitrogens is 6. The highest BCUT2D eigenvalue weighted by molar-refractivity contribution is 7.15. The summed E-state index contributed by atoms with van der Waals surface area (Å²) >= 11 is 1.25. The van der Waals surface area contributed by atoms with Crippen molar-refractivity contribution >= 4 is 27.6 Å². The molecule has 0 saturated carbocycles. The van der Waals surface area contributed by atoms with Crippen LogP contribution in [0.4, 0.5) is 5.13 Å². The summed E-state index contributed by atoms with van der Waals surface area (Å²) in [5.41, 5.74) is 5.40. The van der Waals surface area contributed by atoms with Gasteiger partial charge in [0.1, 0.15) is 10.7 Å². The van der Waals surface area contributed by atoms with Gasteiger partial charge >= 0.3 is 5.69 Å². The first kappa shape index (κ1) is 12.5. The Bertz CT molecular complexity index is 916. The number of fused-ring (bicyclic) bond motifs is 1. The smallest absolute Gasteiger partial charge is 0.332 e. The average Bonchev–Trinajstić information content (AvgIpc) is 3.01. The summed E-state index contributed by atoms with van der Waals surface area (Å²) in [6, 6.07) is 0. The van der Waals surface area contributed by atoms with Crippen molar-refractivity contribution in [1.82, 2.24) is 28.9 Å². The maximum atomic E-state index is 12.0. The number of hydrogen-bond acceptors (Lipinski definition) is 7. The Morgan fingerprint density at radius 1 is 1.25 bits per heavy atom. The molecule has 3 aromatic rings. The van der Waals surface area contributed by atoms with Crippen molar-refractivity contribution in [1.29, 1.82) is 0 Å². The minimum absolute atomic E-state index is 0.243. The zero-order valence-electron chi connectivity index (χ0n) is 10.8. The maximum absolute atomic E-state index is 12.0. The summed E-state index contributed by atoms with van der Waals surface area (Å²) in [6.07, 6.45) is 1.50. The van der Waals surface area contributed by atoms with Gasteiger partial charge in [0.25, 0.3) is 5.56 Å². The van der Waals surface area contributed by atoms with Gasteiger partial charge in [-0.05, 0) is 0 Å². The molecule has 0 atom stereocenters. The molecule has 2 N–H and O–H groups in total. The Hall–Kier alpha value is -2.49. The third-order valence-electron chi connectivity index (χ3n) is 3.00. The van der Waals surface area contributed by atoms with Gasteiger partial charge in [0.2, 0.25) is 5.13 Å². The molecule has 9 nitrogen and oxygen atoms in total. The monoisotopic (exact) mass is 293 g/mol. The Labute approximate surface area is 115 Å². The second kappa shape index (κ2) is 4.27. The highest BCUT2D eigenvalue weighted by Crippen LogP contribution is 2.14. The van der Waals surface area contributed by atoms with E-state index in [1.807, 2.05) is 0 Å². The van der Waals surface area contributed by atoms with Crippen LogP contribution < -0.4 is 17.0 Å². The molecule has 3 heterocycles. The summed E-state index contributed by atoms with van der Waals surface area (Å²) in [4.78, 5) is 28.0. The fourth-order valence-electron chi connectivity index (χ4n) is 2.03. The van der Waals surface area contributed by atoms with Crippen molar-refractivity contribution < 1.29 is 0 Å². The van der Waals surface area contributed by atoms with Crippen LogP contribution in [0.25, 0.3) is 11.2 Å². The fourth-order valence-corrected chi connectivity index (χ4v) is 2.64. The van der Waals surface area contributed by atoms with Crippen LogP contribution in [0.15, 0.2) is 15.9 Å². The van der Waals surface area contributed by atoms with E-state index in [-0.39, 0.29) is 5.52 Å². The number of imidazole rings is 1. The van der Waals surface area contributed by atoms with Gasteiger partial charge in [0.15, 0.2) is 5.52 Å². The predicted octanol–water partition coefficient (Wildman–Crippen LogP) is -1.08. The lowest BCUT2D eigenvalue weighted by atomic mass is 10.5. The van der Waals surface area contributed by atoms with Crippen molar-refractivity contribution in [3.8, 4) is 0 Å².